The number of amides is 4. The molecule has 236 valence electrons. The summed E-state index contributed by atoms with van der Waals surface area (Å²) in [4.78, 5) is 42.9. The van der Waals surface area contributed by atoms with E-state index in [2.05, 4.69) is 50.6 Å². The number of rotatable bonds is 6. The van der Waals surface area contributed by atoms with Crippen molar-refractivity contribution in [2.24, 2.45) is 39.9 Å². The van der Waals surface area contributed by atoms with E-state index >= 15 is 0 Å². The average Bonchev–Trinajstić information content (AvgIpc) is 3.18. The van der Waals surface area contributed by atoms with E-state index in [9.17, 15) is 14.4 Å². The number of carbonyl (C=O) groups is 3. The normalized spacial score (nSPS) is 37.1. The summed E-state index contributed by atoms with van der Waals surface area (Å²) in [5.41, 5.74) is -1.12. The van der Waals surface area contributed by atoms with Gasteiger partial charge in [0.25, 0.3) is 0 Å². The van der Waals surface area contributed by atoms with Crippen molar-refractivity contribution >= 4 is 25.0 Å². The van der Waals surface area contributed by atoms with E-state index < -0.39 is 30.2 Å². The third-order valence-corrected chi connectivity index (χ3v) is 11.7. The van der Waals surface area contributed by atoms with Crippen LogP contribution >= 0.6 is 0 Å². The number of nitrogens with one attached hydrogen (secondary N) is 3. The van der Waals surface area contributed by atoms with Gasteiger partial charge in [-0.15, -0.1) is 0 Å². The molecular formula is C32H55BN4O5. The van der Waals surface area contributed by atoms with Crippen molar-refractivity contribution in [3.05, 3.63) is 0 Å². The van der Waals surface area contributed by atoms with Gasteiger partial charge in [0.15, 0.2) is 0 Å². The molecule has 42 heavy (non-hydrogen) atoms. The number of nitrogens with zero attached hydrogens (tertiary/aromatic N) is 1. The summed E-state index contributed by atoms with van der Waals surface area (Å²) < 4.78 is 13.2. The van der Waals surface area contributed by atoms with Crippen molar-refractivity contribution < 1.29 is 23.7 Å². The highest BCUT2D eigenvalue weighted by Crippen LogP contribution is 2.66. The third kappa shape index (κ3) is 5.06. The maximum absolute atomic E-state index is 14.2. The number of hydrogen-bond acceptors (Lipinski definition) is 5. The van der Waals surface area contributed by atoms with Gasteiger partial charge in [0, 0.05) is 12.1 Å². The molecule has 0 aromatic heterocycles. The fourth-order valence-corrected chi connectivity index (χ4v) is 8.84. The van der Waals surface area contributed by atoms with E-state index in [-0.39, 0.29) is 58.2 Å². The lowest BCUT2D eigenvalue weighted by atomic mass is 9.43. The molecule has 2 bridgehead atoms. The predicted molar refractivity (Wildman–Crippen MR) is 163 cm³/mol. The van der Waals surface area contributed by atoms with Crippen LogP contribution in [0.15, 0.2) is 0 Å². The fourth-order valence-electron chi connectivity index (χ4n) is 8.84. The smallest absolute Gasteiger partial charge is 0.404 e. The number of fused-ring (bicyclic) bond motifs is 1. The molecule has 0 aromatic rings. The molecule has 10 heteroatoms. The monoisotopic (exact) mass is 586 g/mol. The number of piperidine rings is 1. The summed E-state index contributed by atoms with van der Waals surface area (Å²) in [7, 11) is -0.511. The summed E-state index contributed by atoms with van der Waals surface area (Å²) >= 11 is 0. The highest BCUT2D eigenvalue weighted by atomic mass is 16.7. The molecule has 2 aliphatic heterocycles. The first-order chi connectivity index (χ1) is 19.1. The van der Waals surface area contributed by atoms with E-state index in [1.807, 2.05) is 48.5 Å². The third-order valence-electron chi connectivity index (χ3n) is 11.7. The van der Waals surface area contributed by atoms with Gasteiger partial charge in [-0.2, -0.15) is 0 Å². The number of urea groups is 1. The van der Waals surface area contributed by atoms with Crippen LogP contribution in [0.2, 0.25) is 0 Å². The van der Waals surface area contributed by atoms with E-state index in [0.717, 1.165) is 6.42 Å². The van der Waals surface area contributed by atoms with Gasteiger partial charge in [0.1, 0.15) is 12.1 Å². The maximum Gasteiger partial charge on any atom is 0.481 e. The van der Waals surface area contributed by atoms with Crippen LogP contribution in [-0.4, -0.2) is 71.7 Å². The Balaban J connectivity index is 1.32. The van der Waals surface area contributed by atoms with Crippen LogP contribution in [0, 0.1) is 39.9 Å². The zero-order valence-corrected chi connectivity index (χ0v) is 28.0. The molecule has 4 amide bonds. The minimum absolute atomic E-state index is 0.0237. The Morgan fingerprint density at radius 2 is 1.62 bits per heavy atom. The van der Waals surface area contributed by atoms with Gasteiger partial charge < -0.3 is 30.2 Å². The van der Waals surface area contributed by atoms with Gasteiger partial charge in [-0.1, -0.05) is 55.4 Å². The maximum atomic E-state index is 14.2. The first-order valence-corrected chi connectivity index (χ1v) is 16.2. The Kier molecular flexibility index (Phi) is 7.41. The molecule has 3 N–H and O–H groups in total. The van der Waals surface area contributed by atoms with Crippen LogP contribution in [0.5, 0.6) is 0 Å². The topological polar surface area (TPSA) is 109 Å². The number of carbonyl (C=O) groups excluding carboxylic acids is 3. The molecule has 0 spiro atoms. The van der Waals surface area contributed by atoms with Crippen LogP contribution in [0.3, 0.4) is 0 Å². The molecule has 9 atom stereocenters. The van der Waals surface area contributed by atoms with E-state index in [1.165, 1.54) is 6.42 Å². The molecule has 0 aromatic carbocycles. The molecule has 2 heterocycles. The predicted octanol–water partition coefficient (Wildman–Crippen LogP) is 4.14. The van der Waals surface area contributed by atoms with Gasteiger partial charge in [0.05, 0.1) is 17.6 Å². The van der Waals surface area contributed by atoms with Crippen molar-refractivity contribution in [3.63, 3.8) is 0 Å². The van der Waals surface area contributed by atoms with Gasteiger partial charge in [0.2, 0.25) is 11.8 Å². The zero-order chi connectivity index (χ0) is 31.4. The highest BCUT2D eigenvalue weighted by Gasteiger charge is 2.71. The van der Waals surface area contributed by atoms with Gasteiger partial charge in [-0.05, 0) is 86.9 Å². The number of likely N-dealkylation sites (tertiary alicyclic amines) is 1. The van der Waals surface area contributed by atoms with E-state index in [0.29, 0.717) is 24.8 Å². The average molecular weight is 587 g/mol. The molecule has 4 saturated carbocycles. The lowest BCUT2D eigenvalue weighted by molar-refractivity contribution is -0.199. The van der Waals surface area contributed by atoms with Crippen molar-refractivity contribution in [1.29, 1.82) is 0 Å². The molecular weight excluding hydrogens is 531 g/mol. The quantitative estimate of drug-likeness (QED) is 0.406. The minimum atomic E-state index is -0.780. The van der Waals surface area contributed by atoms with Crippen LogP contribution in [0.4, 0.5) is 4.79 Å². The van der Waals surface area contributed by atoms with Crippen LogP contribution < -0.4 is 16.0 Å². The SMILES string of the molecule is CC[C@H](NC(=O)[C@@H]1[C@@H]2[C@H](CN1C(=O)[C@@H](NC(=O)NC(C)(C)C)C(C)(C)C)C2(C)C)B1O[C@@H]2C[C@@H]3C[C@@H](C3(C)C)[C@]2(C)O1. The van der Waals surface area contributed by atoms with Gasteiger partial charge >= 0.3 is 13.1 Å². The molecule has 6 rings (SSSR count). The van der Waals surface area contributed by atoms with Crippen LogP contribution in [0.1, 0.15) is 102 Å². The van der Waals surface area contributed by atoms with E-state index in [4.69, 9.17) is 9.31 Å². The first-order valence-electron chi connectivity index (χ1n) is 16.2. The Labute approximate surface area is 253 Å². The lowest BCUT2D eigenvalue weighted by Gasteiger charge is -2.64. The molecule has 6 aliphatic rings. The summed E-state index contributed by atoms with van der Waals surface area (Å²) in [6.45, 7) is 25.3. The first kappa shape index (κ1) is 31.6. The largest absolute Gasteiger partial charge is 0.481 e. The van der Waals surface area contributed by atoms with Crippen LogP contribution in [0.25, 0.3) is 0 Å². The molecule has 0 radical (unpaired) electrons. The second kappa shape index (κ2) is 9.85. The molecule has 0 unspecified atom stereocenters. The second-order valence-corrected chi connectivity index (χ2v) is 17.4. The molecule has 6 fully saturated rings. The molecule has 4 aliphatic carbocycles. The number of hydrogen-bond donors (Lipinski definition) is 3. The zero-order valence-electron chi connectivity index (χ0n) is 28.0. The Hall–Kier alpha value is -1.81. The van der Waals surface area contributed by atoms with Gasteiger partial charge in [-0.25, -0.2) is 4.79 Å². The lowest BCUT2D eigenvalue weighted by Crippen LogP contribution is -2.65. The van der Waals surface area contributed by atoms with Crippen LogP contribution in [-0.2, 0) is 18.9 Å². The highest BCUT2D eigenvalue weighted by molar-refractivity contribution is 6.47. The Bertz CT molecular complexity index is 1130. The van der Waals surface area contributed by atoms with Crippen molar-refractivity contribution in [2.45, 2.75) is 138 Å². The Morgan fingerprint density at radius 1 is 0.976 bits per heavy atom. The van der Waals surface area contributed by atoms with Gasteiger partial charge in [-0.3, -0.25) is 9.59 Å². The Morgan fingerprint density at radius 3 is 2.17 bits per heavy atom. The fraction of sp³-hybridized carbons (Fsp3) is 0.906. The summed E-state index contributed by atoms with van der Waals surface area (Å²) in [6, 6.07) is -1.77. The van der Waals surface area contributed by atoms with E-state index in [1.54, 1.807) is 4.90 Å². The molecule has 2 saturated heterocycles. The standard InChI is InChI=1S/C32H55BN4O5/c1-13-21(33-41-20-15-17-14-19(30(17,8)9)32(20,12)42-33)34-25(38)23-22-18(31(22,10)11)16-37(23)26(39)24(28(2,3)4)35-27(40)36-29(5,6)7/h17-24H,13-16H2,1-12H3,(H,34,38)(H2,35,36,40)/t17-,18-,19-,20+,21-,22-,23-,24+,32-/m0/s1. The molecule has 9 nitrogen and oxygen atoms in total. The van der Waals surface area contributed by atoms with Crippen molar-refractivity contribution in [2.75, 3.05) is 6.54 Å². The summed E-state index contributed by atoms with van der Waals surface area (Å²) in [5, 5.41) is 9.11. The minimum Gasteiger partial charge on any atom is -0.404 e. The van der Waals surface area contributed by atoms with Crippen molar-refractivity contribution in [1.82, 2.24) is 20.9 Å². The van der Waals surface area contributed by atoms with Crippen molar-refractivity contribution in [3.8, 4) is 0 Å². The second-order valence-electron chi connectivity index (χ2n) is 17.4. The summed E-state index contributed by atoms with van der Waals surface area (Å²) in [6.07, 6.45) is 2.87. The summed E-state index contributed by atoms with van der Waals surface area (Å²) in [5.74, 6) is 0.734.